The Bertz CT molecular complexity index is 768. The number of nitrogens with zero attached hydrogens (tertiary/aromatic N) is 1. The van der Waals surface area contributed by atoms with Gasteiger partial charge in [-0.05, 0) is 38.1 Å². The quantitative estimate of drug-likeness (QED) is 0.480. The highest BCUT2D eigenvalue weighted by atomic mass is 16.5. The second-order valence-corrected chi connectivity index (χ2v) is 6.41. The van der Waals surface area contributed by atoms with Crippen LogP contribution >= 0.6 is 0 Å². The minimum absolute atomic E-state index is 0.244. The molecular weight excluding hydrogens is 310 g/mol. The van der Waals surface area contributed by atoms with Crippen molar-refractivity contribution in [2.75, 3.05) is 11.5 Å². The predicted molar refractivity (Wildman–Crippen MR) is 84.3 cm³/mol. The zero-order chi connectivity index (χ0) is 17.1. The number of carbonyl (C=O) groups is 3. The highest BCUT2D eigenvalue weighted by Gasteiger charge is 2.65. The van der Waals surface area contributed by atoms with Gasteiger partial charge in [0.1, 0.15) is 0 Å². The van der Waals surface area contributed by atoms with Crippen molar-refractivity contribution in [1.82, 2.24) is 0 Å². The first kappa shape index (κ1) is 15.1. The van der Waals surface area contributed by atoms with E-state index in [0.29, 0.717) is 17.9 Å². The number of benzene rings is 1. The maximum atomic E-state index is 12.8. The van der Waals surface area contributed by atoms with Gasteiger partial charge in [0, 0.05) is 0 Å². The highest BCUT2D eigenvalue weighted by Crippen LogP contribution is 2.52. The van der Waals surface area contributed by atoms with Crippen LogP contribution in [0.3, 0.4) is 0 Å². The van der Waals surface area contributed by atoms with Crippen LogP contribution in [0.5, 0.6) is 0 Å². The average Bonchev–Trinajstić information content (AvgIpc) is 3.17. The third-order valence-electron chi connectivity index (χ3n) is 4.97. The van der Waals surface area contributed by atoms with E-state index in [0.717, 1.165) is 0 Å². The molecule has 3 aliphatic rings. The molecule has 0 unspecified atom stereocenters. The number of hydrogen-bond acceptors (Lipinski definition) is 5. The number of carbonyl (C=O) groups excluding carboxylic acids is 3. The Kier molecular flexibility index (Phi) is 3.15. The summed E-state index contributed by atoms with van der Waals surface area (Å²) in [7, 11) is 0. The minimum atomic E-state index is -0.707. The lowest BCUT2D eigenvalue weighted by Gasteiger charge is -2.24. The molecule has 2 fully saturated rings. The first-order valence-electron chi connectivity index (χ1n) is 7.98. The largest absolute Gasteiger partial charge is 0.462 e. The van der Waals surface area contributed by atoms with Gasteiger partial charge in [0.2, 0.25) is 11.8 Å². The fourth-order valence-corrected chi connectivity index (χ4v) is 3.87. The molecule has 6 nitrogen and oxygen atoms in total. The molecule has 0 radical (unpaired) electrons. The maximum Gasteiger partial charge on any atom is 0.338 e. The zero-order valence-electron chi connectivity index (χ0n) is 13.4. The van der Waals surface area contributed by atoms with E-state index in [9.17, 15) is 14.4 Å². The summed E-state index contributed by atoms with van der Waals surface area (Å²) in [5.74, 6) is -1.86. The zero-order valence-corrected chi connectivity index (χ0v) is 13.4. The molecule has 24 heavy (non-hydrogen) atoms. The van der Waals surface area contributed by atoms with Gasteiger partial charge in [-0.3, -0.25) is 9.59 Å². The van der Waals surface area contributed by atoms with Crippen molar-refractivity contribution in [3.8, 4) is 0 Å². The molecule has 4 atom stereocenters. The minimum Gasteiger partial charge on any atom is -0.462 e. The third kappa shape index (κ3) is 1.89. The van der Waals surface area contributed by atoms with Crippen LogP contribution in [0, 0.1) is 11.8 Å². The molecule has 2 bridgehead atoms. The lowest BCUT2D eigenvalue weighted by atomic mass is 9.78. The Morgan fingerprint density at radius 3 is 2.58 bits per heavy atom. The molecule has 2 saturated heterocycles. The lowest BCUT2D eigenvalue weighted by molar-refractivity contribution is -0.126. The highest BCUT2D eigenvalue weighted by molar-refractivity contribution is 6.23. The van der Waals surface area contributed by atoms with E-state index >= 15 is 0 Å². The van der Waals surface area contributed by atoms with Crippen molar-refractivity contribution >= 4 is 23.5 Å². The normalized spacial score (nSPS) is 33.2. The number of amides is 2. The lowest BCUT2D eigenvalue weighted by Crippen LogP contribution is -2.38. The van der Waals surface area contributed by atoms with Crippen LogP contribution in [0.25, 0.3) is 0 Å². The molecule has 1 aromatic carbocycles. The summed E-state index contributed by atoms with van der Waals surface area (Å²) in [4.78, 5) is 38.5. The van der Waals surface area contributed by atoms with Gasteiger partial charge in [0.05, 0.1) is 41.4 Å². The number of esters is 1. The molecule has 0 spiro atoms. The number of rotatable bonds is 3. The summed E-state index contributed by atoms with van der Waals surface area (Å²) in [6, 6.07) is 6.32. The topological polar surface area (TPSA) is 72.9 Å². The average molecular weight is 327 g/mol. The fourth-order valence-electron chi connectivity index (χ4n) is 3.87. The summed E-state index contributed by atoms with van der Waals surface area (Å²) >= 11 is 0. The van der Waals surface area contributed by atoms with Crippen molar-refractivity contribution in [3.63, 3.8) is 0 Å². The Balaban J connectivity index is 1.63. The Morgan fingerprint density at radius 2 is 1.96 bits per heavy atom. The van der Waals surface area contributed by atoms with Crippen LogP contribution in [-0.2, 0) is 19.1 Å². The van der Waals surface area contributed by atoms with Gasteiger partial charge in [-0.15, -0.1) is 0 Å². The van der Waals surface area contributed by atoms with E-state index in [-0.39, 0.29) is 17.9 Å². The summed E-state index contributed by atoms with van der Waals surface area (Å²) < 4.78 is 10.7. The number of fused-ring (bicyclic) bond motifs is 5. The van der Waals surface area contributed by atoms with Crippen molar-refractivity contribution in [1.29, 1.82) is 0 Å². The maximum absolute atomic E-state index is 12.8. The van der Waals surface area contributed by atoms with Crippen molar-refractivity contribution in [2.24, 2.45) is 11.8 Å². The molecule has 2 amide bonds. The van der Waals surface area contributed by atoms with Crippen LogP contribution in [0.4, 0.5) is 5.69 Å². The van der Waals surface area contributed by atoms with Gasteiger partial charge in [0.15, 0.2) is 0 Å². The predicted octanol–water partition coefficient (Wildman–Crippen LogP) is 1.70. The molecule has 4 rings (SSSR count). The molecule has 0 aliphatic carbocycles. The van der Waals surface area contributed by atoms with Gasteiger partial charge in [0.25, 0.3) is 0 Å². The molecule has 1 aromatic rings. The number of ether oxygens (including phenoxy) is 2. The first-order valence-corrected chi connectivity index (χ1v) is 7.98. The smallest absolute Gasteiger partial charge is 0.338 e. The third-order valence-corrected chi connectivity index (χ3v) is 4.97. The summed E-state index contributed by atoms with van der Waals surface area (Å²) in [5.41, 5.74) is 0.147. The molecule has 3 heterocycles. The van der Waals surface area contributed by atoms with E-state index in [1.165, 1.54) is 4.90 Å². The summed E-state index contributed by atoms with van der Waals surface area (Å²) in [6.45, 7) is 3.87. The van der Waals surface area contributed by atoms with Gasteiger partial charge in [-0.25, -0.2) is 9.69 Å². The number of hydrogen-bond donors (Lipinski definition) is 0. The standard InChI is InChI=1S/C18H17NO5/c1-3-23-17(22)10-4-6-11(7-5-10)19-15(20)13-12-8-9-18(2,24-12)14(13)16(19)21/h4-9,12-14H,3H2,1-2H3/t12-,13+,14-,18+/m0/s1. The van der Waals surface area contributed by atoms with E-state index in [1.54, 1.807) is 31.2 Å². The van der Waals surface area contributed by atoms with Gasteiger partial charge in [-0.1, -0.05) is 12.2 Å². The van der Waals surface area contributed by atoms with E-state index in [4.69, 9.17) is 9.47 Å². The molecule has 0 aromatic heterocycles. The molecule has 124 valence electrons. The van der Waals surface area contributed by atoms with E-state index in [1.807, 2.05) is 19.1 Å². The second kappa shape index (κ2) is 5.01. The molecular formula is C18H17NO5. The second-order valence-electron chi connectivity index (χ2n) is 6.41. The van der Waals surface area contributed by atoms with Crippen LogP contribution in [-0.4, -0.2) is 36.1 Å². The Morgan fingerprint density at radius 1 is 1.25 bits per heavy atom. The van der Waals surface area contributed by atoms with Crippen molar-refractivity contribution in [3.05, 3.63) is 42.0 Å². The number of anilines is 1. The van der Waals surface area contributed by atoms with Crippen LogP contribution < -0.4 is 4.90 Å². The summed E-state index contributed by atoms with van der Waals surface area (Å²) in [6.07, 6.45) is 3.40. The molecule has 3 aliphatic heterocycles. The van der Waals surface area contributed by atoms with Gasteiger partial charge >= 0.3 is 5.97 Å². The van der Waals surface area contributed by atoms with Gasteiger partial charge in [-0.2, -0.15) is 0 Å². The molecule has 6 heteroatoms. The molecule has 0 saturated carbocycles. The SMILES string of the molecule is CCOC(=O)c1ccc(N2C(=O)[C@@H]3[C@@H]4C=C[C@@](C)(O4)[C@@H]3C2=O)cc1. The van der Waals surface area contributed by atoms with Crippen LogP contribution in [0.1, 0.15) is 24.2 Å². The van der Waals surface area contributed by atoms with Crippen LogP contribution in [0.15, 0.2) is 36.4 Å². The monoisotopic (exact) mass is 327 g/mol. The fraction of sp³-hybridized carbons (Fsp3) is 0.389. The van der Waals surface area contributed by atoms with Crippen LogP contribution in [0.2, 0.25) is 0 Å². The van der Waals surface area contributed by atoms with Crippen molar-refractivity contribution in [2.45, 2.75) is 25.6 Å². The Hall–Kier alpha value is -2.47. The van der Waals surface area contributed by atoms with Gasteiger partial charge < -0.3 is 9.47 Å². The molecule has 0 N–H and O–H groups in total. The first-order chi connectivity index (χ1) is 11.5. The van der Waals surface area contributed by atoms with Crippen molar-refractivity contribution < 1.29 is 23.9 Å². The summed E-state index contributed by atoms with van der Waals surface area (Å²) in [5, 5.41) is 0. The van der Waals surface area contributed by atoms with E-state index in [2.05, 4.69) is 0 Å². The Labute approximate surface area is 139 Å². The van der Waals surface area contributed by atoms with E-state index < -0.39 is 23.4 Å². The number of imide groups is 1.